The monoisotopic (exact) mass is 328 g/mol. The predicted octanol–water partition coefficient (Wildman–Crippen LogP) is 1.83. The number of nitrogens with zero attached hydrogens (tertiary/aromatic N) is 1. The largest absolute Gasteiger partial charge is 0.345 e. The molecule has 4 nitrogen and oxygen atoms in total. The molecule has 19 heavy (non-hydrogen) atoms. The molecular formula is C13H14BrFN2O2. The first-order valence-corrected chi connectivity index (χ1v) is 6.64. The van der Waals surface area contributed by atoms with E-state index in [0.717, 1.165) is 5.56 Å². The second-order valence-electron chi connectivity index (χ2n) is 4.97. The van der Waals surface area contributed by atoms with Crippen LogP contribution in [-0.4, -0.2) is 28.8 Å². The topological polar surface area (TPSA) is 49.4 Å². The maximum Gasteiger partial charge on any atom is 0.245 e. The average Bonchev–Trinajstić information content (AvgIpc) is 2.34. The zero-order valence-corrected chi connectivity index (χ0v) is 12.3. The van der Waals surface area contributed by atoms with E-state index in [9.17, 15) is 14.0 Å². The van der Waals surface area contributed by atoms with Crippen molar-refractivity contribution < 1.29 is 14.0 Å². The molecule has 1 aliphatic heterocycles. The van der Waals surface area contributed by atoms with E-state index in [1.54, 1.807) is 26.0 Å². The maximum atomic E-state index is 13.2. The van der Waals surface area contributed by atoms with Gasteiger partial charge in [0.25, 0.3) is 0 Å². The molecule has 2 rings (SSSR count). The van der Waals surface area contributed by atoms with Gasteiger partial charge >= 0.3 is 0 Å². The third kappa shape index (κ3) is 2.63. The highest BCUT2D eigenvalue weighted by Gasteiger charge is 2.41. The summed E-state index contributed by atoms with van der Waals surface area (Å²) in [6, 6.07) is 4.56. The van der Waals surface area contributed by atoms with Crippen LogP contribution < -0.4 is 5.32 Å². The number of benzene rings is 1. The molecule has 1 heterocycles. The van der Waals surface area contributed by atoms with Crippen LogP contribution in [0.2, 0.25) is 0 Å². The van der Waals surface area contributed by atoms with Gasteiger partial charge in [0.05, 0.1) is 11.0 Å². The first-order valence-electron chi connectivity index (χ1n) is 5.85. The summed E-state index contributed by atoms with van der Waals surface area (Å²) in [6.07, 6.45) is 0. The second kappa shape index (κ2) is 4.92. The molecule has 6 heteroatoms. The normalized spacial score (nSPS) is 18.4. The molecule has 1 fully saturated rings. The molecule has 0 radical (unpaired) electrons. The van der Waals surface area contributed by atoms with Gasteiger partial charge in [-0.2, -0.15) is 0 Å². The maximum absolute atomic E-state index is 13.2. The van der Waals surface area contributed by atoms with Crippen molar-refractivity contribution in [2.24, 2.45) is 0 Å². The Morgan fingerprint density at radius 1 is 1.42 bits per heavy atom. The van der Waals surface area contributed by atoms with Crippen molar-refractivity contribution in [2.75, 3.05) is 6.54 Å². The van der Waals surface area contributed by atoms with E-state index in [4.69, 9.17) is 0 Å². The Bertz CT molecular complexity index is 545. The summed E-state index contributed by atoms with van der Waals surface area (Å²) in [5.41, 5.74) is -0.139. The average molecular weight is 329 g/mol. The van der Waals surface area contributed by atoms with Crippen LogP contribution in [0, 0.1) is 5.82 Å². The Morgan fingerprint density at radius 3 is 2.74 bits per heavy atom. The Hall–Kier alpha value is -1.43. The zero-order valence-electron chi connectivity index (χ0n) is 10.7. The fourth-order valence-corrected chi connectivity index (χ4v) is 2.43. The summed E-state index contributed by atoms with van der Waals surface area (Å²) in [5.74, 6) is -0.691. The van der Waals surface area contributed by atoms with Gasteiger partial charge in [-0.25, -0.2) is 4.39 Å². The second-order valence-corrected chi connectivity index (χ2v) is 5.82. The summed E-state index contributed by atoms with van der Waals surface area (Å²) in [4.78, 5) is 25.3. The minimum atomic E-state index is -0.907. The van der Waals surface area contributed by atoms with Crippen LogP contribution in [0.5, 0.6) is 0 Å². The first kappa shape index (κ1) is 14.0. The number of piperazine rings is 1. The van der Waals surface area contributed by atoms with Crippen LogP contribution in [-0.2, 0) is 16.1 Å². The zero-order chi connectivity index (χ0) is 14.2. The molecule has 2 amide bonds. The standard InChI is InChI=1S/C13H14BrFN2O2/c1-13(2)12(19)16-6-11(18)17(13)7-8-3-4-10(15)9(14)5-8/h3-5H,6-7H2,1-2H3,(H,16,19). The van der Waals surface area contributed by atoms with Crippen molar-refractivity contribution in [3.05, 3.63) is 34.1 Å². The highest BCUT2D eigenvalue weighted by molar-refractivity contribution is 9.10. The molecule has 1 aliphatic rings. The Morgan fingerprint density at radius 2 is 2.11 bits per heavy atom. The van der Waals surface area contributed by atoms with Gasteiger partial charge in [0, 0.05) is 6.54 Å². The Labute approximate surface area is 119 Å². The predicted molar refractivity (Wildman–Crippen MR) is 71.7 cm³/mol. The highest BCUT2D eigenvalue weighted by Crippen LogP contribution is 2.23. The molecule has 0 aromatic heterocycles. The van der Waals surface area contributed by atoms with E-state index >= 15 is 0 Å². The lowest BCUT2D eigenvalue weighted by Crippen LogP contribution is -2.63. The summed E-state index contributed by atoms with van der Waals surface area (Å²) < 4.78 is 13.5. The SMILES string of the molecule is CC1(C)C(=O)NCC(=O)N1Cc1ccc(F)c(Br)c1. The number of carbonyl (C=O) groups excluding carboxylic acids is 2. The van der Waals surface area contributed by atoms with Crippen molar-refractivity contribution in [3.8, 4) is 0 Å². The molecule has 0 spiro atoms. The van der Waals surface area contributed by atoms with Crippen molar-refractivity contribution in [1.29, 1.82) is 0 Å². The summed E-state index contributed by atoms with van der Waals surface area (Å²) in [6.45, 7) is 3.67. The number of amides is 2. The lowest BCUT2D eigenvalue weighted by molar-refractivity contribution is -0.152. The minimum Gasteiger partial charge on any atom is -0.345 e. The Balaban J connectivity index is 2.27. The molecule has 1 saturated heterocycles. The number of halogens is 2. The molecule has 0 atom stereocenters. The van der Waals surface area contributed by atoms with Crippen LogP contribution in [0.25, 0.3) is 0 Å². The number of carbonyl (C=O) groups is 2. The summed E-state index contributed by atoms with van der Waals surface area (Å²) in [5, 5.41) is 2.56. The van der Waals surface area contributed by atoms with E-state index in [1.165, 1.54) is 11.0 Å². The van der Waals surface area contributed by atoms with Gasteiger partial charge in [0.2, 0.25) is 11.8 Å². The molecule has 1 N–H and O–H groups in total. The van der Waals surface area contributed by atoms with E-state index < -0.39 is 5.54 Å². The van der Waals surface area contributed by atoms with Crippen molar-refractivity contribution in [1.82, 2.24) is 10.2 Å². The molecule has 0 saturated carbocycles. The third-order valence-electron chi connectivity index (χ3n) is 3.26. The van der Waals surface area contributed by atoms with Gasteiger partial charge in [0.15, 0.2) is 0 Å². The van der Waals surface area contributed by atoms with Crippen molar-refractivity contribution in [3.63, 3.8) is 0 Å². The van der Waals surface area contributed by atoms with Gasteiger partial charge in [-0.1, -0.05) is 6.07 Å². The van der Waals surface area contributed by atoms with Gasteiger partial charge < -0.3 is 10.2 Å². The third-order valence-corrected chi connectivity index (χ3v) is 3.86. The van der Waals surface area contributed by atoms with E-state index in [1.807, 2.05) is 0 Å². The lowest BCUT2D eigenvalue weighted by atomic mass is 9.97. The molecule has 1 aromatic rings. The van der Waals surface area contributed by atoms with Crippen molar-refractivity contribution >= 4 is 27.7 Å². The van der Waals surface area contributed by atoms with Gasteiger partial charge in [-0.3, -0.25) is 9.59 Å². The van der Waals surface area contributed by atoms with Gasteiger partial charge in [0.1, 0.15) is 11.4 Å². The molecule has 0 bridgehead atoms. The highest BCUT2D eigenvalue weighted by atomic mass is 79.9. The smallest absolute Gasteiger partial charge is 0.245 e. The number of hydrogen-bond acceptors (Lipinski definition) is 2. The van der Waals surface area contributed by atoms with Gasteiger partial charge in [-0.15, -0.1) is 0 Å². The number of nitrogens with one attached hydrogen (secondary N) is 1. The van der Waals surface area contributed by atoms with E-state index in [0.29, 0.717) is 4.47 Å². The van der Waals surface area contributed by atoms with Gasteiger partial charge in [-0.05, 0) is 47.5 Å². The molecule has 102 valence electrons. The number of rotatable bonds is 2. The van der Waals surface area contributed by atoms with Crippen LogP contribution in [0.3, 0.4) is 0 Å². The van der Waals surface area contributed by atoms with E-state index in [-0.39, 0.29) is 30.7 Å². The summed E-state index contributed by atoms with van der Waals surface area (Å²) in [7, 11) is 0. The fourth-order valence-electron chi connectivity index (χ4n) is 2.01. The van der Waals surface area contributed by atoms with Crippen LogP contribution in [0.1, 0.15) is 19.4 Å². The molecule has 0 unspecified atom stereocenters. The molecule has 0 aliphatic carbocycles. The Kier molecular flexibility index (Phi) is 3.62. The quantitative estimate of drug-likeness (QED) is 0.900. The first-order chi connectivity index (χ1) is 8.82. The fraction of sp³-hybridized carbons (Fsp3) is 0.385. The van der Waals surface area contributed by atoms with Crippen LogP contribution in [0.15, 0.2) is 22.7 Å². The number of hydrogen-bond donors (Lipinski definition) is 1. The van der Waals surface area contributed by atoms with Crippen molar-refractivity contribution in [2.45, 2.75) is 25.9 Å². The van der Waals surface area contributed by atoms with Crippen LogP contribution >= 0.6 is 15.9 Å². The summed E-state index contributed by atoms with van der Waals surface area (Å²) >= 11 is 3.11. The molecule has 1 aromatic carbocycles. The van der Waals surface area contributed by atoms with E-state index in [2.05, 4.69) is 21.2 Å². The molecular weight excluding hydrogens is 315 g/mol. The lowest BCUT2D eigenvalue weighted by Gasteiger charge is -2.41. The minimum absolute atomic E-state index is 0.00459. The van der Waals surface area contributed by atoms with Crippen LogP contribution in [0.4, 0.5) is 4.39 Å².